The topological polar surface area (TPSA) is 41.0 Å². The zero-order chi connectivity index (χ0) is 10.5. The van der Waals surface area contributed by atoms with Crippen LogP contribution in [0.4, 0.5) is 0 Å². The number of hydrogen-bond acceptors (Lipinski definition) is 2. The van der Waals surface area contributed by atoms with Crippen LogP contribution in [0.5, 0.6) is 0 Å². The van der Waals surface area contributed by atoms with Crippen LogP contribution < -0.4 is 5.56 Å². The number of aromatic amines is 1. The minimum Gasteiger partial charge on any atom is -0.290 e. The summed E-state index contributed by atoms with van der Waals surface area (Å²) in [5.41, 5.74) is 2.15. The lowest BCUT2D eigenvalue weighted by atomic mass is 10.2. The van der Waals surface area contributed by atoms with Crippen molar-refractivity contribution in [2.75, 3.05) is 0 Å². The first-order valence-electron chi connectivity index (χ1n) is 5.06. The van der Waals surface area contributed by atoms with Gasteiger partial charge in [-0.05, 0) is 20.8 Å². The molecule has 0 aromatic carbocycles. The molecule has 0 aliphatic carbocycles. The van der Waals surface area contributed by atoms with E-state index in [1.54, 1.807) is 0 Å². The Morgan fingerprint density at radius 3 is 2.64 bits per heavy atom. The molecule has 0 spiro atoms. The maximum Gasteiger partial charge on any atom is 0.268 e. The summed E-state index contributed by atoms with van der Waals surface area (Å²) >= 11 is 0. The zero-order valence-corrected chi connectivity index (χ0v) is 9.16. The van der Waals surface area contributed by atoms with Crippen LogP contribution in [-0.4, -0.2) is 20.7 Å². The second kappa shape index (κ2) is 2.98. The van der Waals surface area contributed by atoms with Gasteiger partial charge < -0.3 is 0 Å². The van der Waals surface area contributed by atoms with Gasteiger partial charge in [0.2, 0.25) is 0 Å². The molecule has 0 saturated carbocycles. The Balaban J connectivity index is 2.46. The predicted octanol–water partition coefficient (Wildman–Crippen LogP) is 0.998. The molecule has 1 aromatic rings. The predicted molar refractivity (Wildman–Crippen MR) is 55.1 cm³/mol. The van der Waals surface area contributed by atoms with Crippen molar-refractivity contribution in [2.24, 2.45) is 7.05 Å². The van der Waals surface area contributed by atoms with Gasteiger partial charge in [-0.15, -0.1) is 0 Å². The highest BCUT2D eigenvalue weighted by Gasteiger charge is 2.33. The average molecular weight is 195 g/mol. The van der Waals surface area contributed by atoms with E-state index < -0.39 is 0 Å². The standard InChI is InChI=1S/C10H17N3O/c1-6(2)13-5-8-9(7(13)3)12(4)11-10(8)14/h6-7H,5H2,1-4H3,(H,11,14). The first-order valence-corrected chi connectivity index (χ1v) is 5.06. The van der Waals surface area contributed by atoms with E-state index in [4.69, 9.17) is 0 Å². The van der Waals surface area contributed by atoms with Crippen LogP contribution in [0.3, 0.4) is 0 Å². The van der Waals surface area contributed by atoms with Gasteiger partial charge in [0, 0.05) is 25.7 Å². The van der Waals surface area contributed by atoms with Gasteiger partial charge in [0.05, 0.1) is 11.3 Å². The van der Waals surface area contributed by atoms with E-state index >= 15 is 0 Å². The molecule has 0 saturated heterocycles. The molecule has 1 aliphatic heterocycles. The zero-order valence-electron chi connectivity index (χ0n) is 9.16. The summed E-state index contributed by atoms with van der Waals surface area (Å²) in [7, 11) is 1.90. The van der Waals surface area contributed by atoms with E-state index in [9.17, 15) is 4.79 Å². The Hall–Kier alpha value is -1.03. The van der Waals surface area contributed by atoms with Crippen LogP contribution in [0, 0.1) is 0 Å². The lowest BCUT2D eigenvalue weighted by Gasteiger charge is -2.26. The van der Waals surface area contributed by atoms with Crippen molar-refractivity contribution in [3.8, 4) is 0 Å². The molecule has 0 radical (unpaired) electrons. The normalized spacial score (nSPS) is 21.9. The van der Waals surface area contributed by atoms with E-state index in [0.29, 0.717) is 12.1 Å². The summed E-state index contributed by atoms with van der Waals surface area (Å²) in [6, 6.07) is 0.825. The van der Waals surface area contributed by atoms with Crippen molar-refractivity contribution in [1.29, 1.82) is 0 Å². The fourth-order valence-corrected chi connectivity index (χ4v) is 2.39. The van der Waals surface area contributed by atoms with E-state index in [1.807, 2.05) is 11.7 Å². The highest BCUT2D eigenvalue weighted by atomic mass is 16.1. The van der Waals surface area contributed by atoms with Crippen LogP contribution >= 0.6 is 0 Å². The fourth-order valence-electron chi connectivity index (χ4n) is 2.39. The van der Waals surface area contributed by atoms with E-state index in [1.165, 1.54) is 0 Å². The number of rotatable bonds is 1. The summed E-state index contributed by atoms with van der Waals surface area (Å²) in [5, 5.41) is 2.80. The minimum atomic E-state index is 0.0671. The number of aryl methyl sites for hydroxylation is 1. The van der Waals surface area contributed by atoms with Crippen molar-refractivity contribution in [3.05, 3.63) is 21.6 Å². The van der Waals surface area contributed by atoms with Crippen LogP contribution in [0.2, 0.25) is 0 Å². The highest BCUT2D eigenvalue weighted by molar-refractivity contribution is 5.26. The molecule has 1 N–H and O–H groups in total. The Labute approximate surface area is 83.5 Å². The van der Waals surface area contributed by atoms with E-state index in [2.05, 4.69) is 30.8 Å². The van der Waals surface area contributed by atoms with Gasteiger partial charge in [-0.25, -0.2) is 0 Å². The van der Waals surface area contributed by atoms with Gasteiger partial charge >= 0.3 is 0 Å². The summed E-state index contributed by atoms with van der Waals surface area (Å²) in [6.07, 6.45) is 0. The maximum atomic E-state index is 11.5. The first kappa shape index (κ1) is 9.52. The molecule has 78 valence electrons. The van der Waals surface area contributed by atoms with Crippen molar-refractivity contribution in [3.63, 3.8) is 0 Å². The lowest BCUT2D eigenvalue weighted by molar-refractivity contribution is 0.174. The summed E-state index contributed by atoms with van der Waals surface area (Å²) in [5.74, 6) is 0. The number of nitrogens with zero attached hydrogens (tertiary/aromatic N) is 2. The molecule has 0 fully saturated rings. The molecule has 4 nitrogen and oxygen atoms in total. The van der Waals surface area contributed by atoms with Crippen molar-refractivity contribution >= 4 is 0 Å². The van der Waals surface area contributed by atoms with Crippen LogP contribution in [0.15, 0.2) is 4.79 Å². The molecule has 1 atom stereocenters. The molecule has 1 aliphatic rings. The average Bonchev–Trinajstić information content (AvgIpc) is 2.54. The second-order valence-electron chi connectivity index (χ2n) is 4.31. The third-order valence-electron chi connectivity index (χ3n) is 3.11. The van der Waals surface area contributed by atoms with Crippen LogP contribution in [0.1, 0.15) is 38.1 Å². The lowest BCUT2D eigenvalue weighted by Crippen LogP contribution is -2.29. The molecular weight excluding hydrogens is 178 g/mol. The molecule has 2 rings (SSSR count). The Morgan fingerprint density at radius 2 is 2.14 bits per heavy atom. The second-order valence-corrected chi connectivity index (χ2v) is 4.31. The Morgan fingerprint density at radius 1 is 1.50 bits per heavy atom. The number of aromatic nitrogens is 2. The number of hydrogen-bond donors (Lipinski definition) is 1. The van der Waals surface area contributed by atoms with E-state index in [-0.39, 0.29) is 5.56 Å². The molecule has 1 aromatic heterocycles. The van der Waals surface area contributed by atoms with Gasteiger partial charge in [0.25, 0.3) is 5.56 Å². The largest absolute Gasteiger partial charge is 0.290 e. The quantitative estimate of drug-likeness (QED) is 0.726. The summed E-state index contributed by atoms with van der Waals surface area (Å²) in [4.78, 5) is 13.9. The van der Waals surface area contributed by atoms with Gasteiger partial charge in [-0.1, -0.05) is 0 Å². The van der Waals surface area contributed by atoms with Crippen molar-refractivity contribution < 1.29 is 0 Å². The minimum absolute atomic E-state index is 0.0671. The first-order chi connectivity index (χ1) is 6.52. The third-order valence-corrected chi connectivity index (χ3v) is 3.11. The van der Waals surface area contributed by atoms with Crippen LogP contribution in [0.25, 0.3) is 0 Å². The summed E-state index contributed by atoms with van der Waals surface area (Å²) in [6.45, 7) is 7.26. The summed E-state index contributed by atoms with van der Waals surface area (Å²) < 4.78 is 1.85. The van der Waals surface area contributed by atoms with Crippen molar-refractivity contribution in [1.82, 2.24) is 14.7 Å². The SMILES string of the molecule is CC(C)N1Cc2c(n(C)[nH]c2=O)C1C. The van der Waals surface area contributed by atoms with Gasteiger partial charge in [-0.3, -0.25) is 19.5 Å². The smallest absolute Gasteiger partial charge is 0.268 e. The number of H-pyrrole nitrogens is 1. The van der Waals surface area contributed by atoms with Gasteiger partial charge in [0.15, 0.2) is 0 Å². The van der Waals surface area contributed by atoms with Gasteiger partial charge in [0.1, 0.15) is 0 Å². The molecular formula is C10H17N3O. The fraction of sp³-hybridized carbons (Fsp3) is 0.700. The van der Waals surface area contributed by atoms with Crippen LogP contribution in [-0.2, 0) is 13.6 Å². The number of nitrogens with one attached hydrogen (secondary N) is 1. The Bertz CT molecular complexity index is 402. The van der Waals surface area contributed by atoms with Crippen molar-refractivity contribution in [2.45, 2.75) is 39.4 Å². The molecule has 0 amide bonds. The highest BCUT2D eigenvalue weighted by Crippen LogP contribution is 2.32. The molecule has 14 heavy (non-hydrogen) atoms. The molecule has 1 unspecified atom stereocenters. The molecule has 2 heterocycles. The van der Waals surface area contributed by atoms with E-state index in [0.717, 1.165) is 17.8 Å². The monoisotopic (exact) mass is 195 g/mol. The molecule has 4 heteroatoms. The Kier molecular flexibility index (Phi) is 2.03. The third kappa shape index (κ3) is 1.14. The molecule has 0 bridgehead atoms. The van der Waals surface area contributed by atoms with Gasteiger partial charge in [-0.2, -0.15) is 0 Å². The maximum absolute atomic E-state index is 11.5. The number of fused-ring (bicyclic) bond motifs is 1.